The van der Waals surface area contributed by atoms with Crippen LogP contribution in [0.3, 0.4) is 0 Å². The van der Waals surface area contributed by atoms with E-state index in [0.717, 1.165) is 25.9 Å². The average Bonchev–Trinajstić information content (AvgIpc) is 2.55. The molecule has 2 aliphatic rings. The van der Waals surface area contributed by atoms with Crippen LogP contribution in [0.1, 0.15) is 45.2 Å². The minimum absolute atomic E-state index is 0.230. The molecule has 3 rings (SSSR count). The molecule has 0 radical (unpaired) electrons. The van der Waals surface area contributed by atoms with Gasteiger partial charge in [0.25, 0.3) is 0 Å². The maximum Gasteiger partial charge on any atom is 0.558 e. The number of fused-ring (bicyclic) bond motifs is 1. The van der Waals surface area contributed by atoms with E-state index in [0.29, 0.717) is 0 Å². The Labute approximate surface area is 122 Å². The van der Waals surface area contributed by atoms with E-state index in [9.17, 15) is 0 Å². The summed E-state index contributed by atoms with van der Waals surface area (Å²) in [5.74, 6) is 0. The summed E-state index contributed by atoms with van der Waals surface area (Å²) in [6, 6.07) is 8.71. The molecule has 0 saturated carbocycles. The summed E-state index contributed by atoms with van der Waals surface area (Å²) >= 11 is 0. The zero-order chi connectivity index (χ0) is 14.4. The molecular formula is C16H24BNO2. The highest BCUT2D eigenvalue weighted by atomic mass is 16.7. The number of hydrogen-bond acceptors (Lipinski definition) is 3. The zero-order valence-corrected chi connectivity index (χ0v) is 13.0. The molecule has 1 fully saturated rings. The Morgan fingerprint density at radius 1 is 1.00 bits per heavy atom. The Kier molecular flexibility index (Phi) is 3.43. The van der Waals surface area contributed by atoms with Crippen molar-refractivity contribution in [1.29, 1.82) is 0 Å². The SMILES string of the molecule is CC1(C)OB(N2CCCc3ccccc3C2)OC1(C)C. The van der Waals surface area contributed by atoms with E-state index in [1.807, 2.05) is 0 Å². The first-order valence-corrected chi connectivity index (χ1v) is 7.55. The summed E-state index contributed by atoms with van der Waals surface area (Å²) in [7, 11) is -0.230. The zero-order valence-electron chi connectivity index (χ0n) is 13.0. The maximum absolute atomic E-state index is 6.18. The number of nitrogens with zero attached hydrogens (tertiary/aromatic N) is 1. The summed E-state index contributed by atoms with van der Waals surface area (Å²) in [6.45, 7) is 10.4. The summed E-state index contributed by atoms with van der Waals surface area (Å²) in [6.07, 6.45) is 2.30. The van der Waals surface area contributed by atoms with Gasteiger partial charge in [-0.15, -0.1) is 0 Å². The van der Waals surface area contributed by atoms with Gasteiger partial charge in [0.05, 0.1) is 11.2 Å². The second-order valence-electron chi connectivity index (χ2n) is 6.91. The molecule has 108 valence electrons. The molecule has 3 nitrogen and oxygen atoms in total. The van der Waals surface area contributed by atoms with Gasteiger partial charge in [0.1, 0.15) is 0 Å². The molecule has 0 bridgehead atoms. The van der Waals surface area contributed by atoms with Crippen LogP contribution in [0.4, 0.5) is 0 Å². The van der Waals surface area contributed by atoms with Gasteiger partial charge in [0.15, 0.2) is 0 Å². The molecule has 0 aromatic heterocycles. The lowest BCUT2D eigenvalue weighted by Gasteiger charge is -2.32. The molecule has 2 heterocycles. The topological polar surface area (TPSA) is 21.7 Å². The Morgan fingerprint density at radius 2 is 1.60 bits per heavy atom. The van der Waals surface area contributed by atoms with Crippen molar-refractivity contribution in [2.75, 3.05) is 6.54 Å². The molecule has 1 aromatic rings. The van der Waals surface area contributed by atoms with E-state index >= 15 is 0 Å². The predicted molar refractivity (Wildman–Crippen MR) is 81.3 cm³/mol. The Bertz CT molecular complexity index is 485. The van der Waals surface area contributed by atoms with Crippen molar-refractivity contribution in [3.63, 3.8) is 0 Å². The van der Waals surface area contributed by atoms with Crippen molar-refractivity contribution in [2.45, 2.75) is 58.3 Å². The normalized spacial score (nSPS) is 25.3. The second kappa shape index (κ2) is 4.87. The number of aryl methyl sites for hydroxylation is 1. The first-order chi connectivity index (χ1) is 9.39. The van der Waals surface area contributed by atoms with Crippen LogP contribution in [-0.2, 0) is 22.3 Å². The van der Waals surface area contributed by atoms with Gasteiger partial charge in [-0.05, 0) is 58.2 Å². The van der Waals surface area contributed by atoms with Crippen molar-refractivity contribution >= 4 is 7.25 Å². The minimum Gasteiger partial charge on any atom is -0.389 e. The average molecular weight is 273 g/mol. The van der Waals surface area contributed by atoms with Crippen molar-refractivity contribution in [3.8, 4) is 0 Å². The third-order valence-corrected chi connectivity index (χ3v) is 4.92. The monoisotopic (exact) mass is 273 g/mol. The van der Waals surface area contributed by atoms with Crippen LogP contribution < -0.4 is 0 Å². The minimum atomic E-state index is -0.260. The van der Waals surface area contributed by atoms with E-state index in [2.05, 4.69) is 56.8 Å². The van der Waals surface area contributed by atoms with E-state index in [1.165, 1.54) is 11.1 Å². The fourth-order valence-corrected chi connectivity index (χ4v) is 2.87. The number of benzene rings is 1. The highest BCUT2D eigenvalue weighted by Gasteiger charge is 2.53. The van der Waals surface area contributed by atoms with Crippen LogP contribution in [0.25, 0.3) is 0 Å². The van der Waals surface area contributed by atoms with Crippen LogP contribution in [0.5, 0.6) is 0 Å². The fraction of sp³-hybridized carbons (Fsp3) is 0.625. The molecular weight excluding hydrogens is 249 g/mol. The molecule has 4 heteroatoms. The Balaban J connectivity index is 1.80. The van der Waals surface area contributed by atoms with Crippen LogP contribution in [-0.4, -0.2) is 29.8 Å². The fourth-order valence-electron chi connectivity index (χ4n) is 2.87. The van der Waals surface area contributed by atoms with Gasteiger partial charge in [0, 0.05) is 6.54 Å². The maximum atomic E-state index is 6.18. The van der Waals surface area contributed by atoms with Gasteiger partial charge in [-0.25, -0.2) is 0 Å². The van der Waals surface area contributed by atoms with Crippen molar-refractivity contribution in [3.05, 3.63) is 35.4 Å². The van der Waals surface area contributed by atoms with E-state index in [4.69, 9.17) is 9.31 Å². The summed E-state index contributed by atoms with van der Waals surface area (Å²) in [4.78, 5) is 2.32. The van der Waals surface area contributed by atoms with Gasteiger partial charge < -0.3 is 9.31 Å². The predicted octanol–water partition coefficient (Wildman–Crippen LogP) is 3.02. The van der Waals surface area contributed by atoms with Crippen LogP contribution in [0.15, 0.2) is 24.3 Å². The van der Waals surface area contributed by atoms with E-state index < -0.39 is 0 Å². The lowest BCUT2D eigenvalue weighted by molar-refractivity contribution is 0.00578. The standard InChI is InChI=1S/C16H24BNO2/c1-15(2)16(3,4)20-17(19-15)18-11-7-10-13-8-5-6-9-14(13)12-18/h5-6,8-9H,7,10-12H2,1-4H3. The van der Waals surface area contributed by atoms with Gasteiger partial charge >= 0.3 is 7.25 Å². The van der Waals surface area contributed by atoms with Crippen LogP contribution >= 0.6 is 0 Å². The van der Waals surface area contributed by atoms with Crippen LogP contribution in [0, 0.1) is 0 Å². The van der Waals surface area contributed by atoms with Gasteiger partial charge in [-0.2, -0.15) is 0 Å². The first kappa shape index (κ1) is 14.1. The molecule has 0 aliphatic carbocycles. The smallest absolute Gasteiger partial charge is 0.389 e. The lowest BCUT2D eigenvalue weighted by atomic mass is 9.90. The van der Waals surface area contributed by atoms with Gasteiger partial charge in [-0.3, -0.25) is 4.81 Å². The van der Waals surface area contributed by atoms with Gasteiger partial charge in [0.2, 0.25) is 0 Å². The molecule has 0 amide bonds. The van der Waals surface area contributed by atoms with Gasteiger partial charge in [-0.1, -0.05) is 24.3 Å². The summed E-state index contributed by atoms with van der Waals surface area (Å²) in [5.41, 5.74) is 2.35. The first-order valence-electron chi connectivity index (χ1n) is 7.55. The highest BCUT2D eigenvalue weighted by molar-refractivity contribution is 6.42. The van der Waals surface area contributed by atoms with E-state index in [-0.39, 0.29) is 18.5 Å². The molecule has 1 saturated heterocycles. The highest BCUT2D eigenvalue weighted by Crippen LogP contribution is 2.38. The molecule has 0 unspecified atom stereocenters. The Morgan fingerprint density at radius 3 is 2.25 bits per heavy atom. The molecule has 2 aliphatic heterocycles. The largest absolute Gasteiger partial charge is 0.558 e. The molecule has 1 aromatic carbocycles. The van der Waals surface area contributed by atoms with Crippen molar-refractivity contribution in [2.24, 2.45) is 0 Å². The van der Waals surface area contributed by atoms with E-state index in [1.54, 1.807) is 0 Å². The third kappa shape index (κ3) is 2.41. The summed E-state index contributed by atoms with van der Waals surface area (Å²) in [5, 5.41) is 0. The lowest BCUT2D eigenvalue weighted by Crippen LogP contribution is -2.41. The molecule has 0 spiro atoms. The summed E-state index contributed by atoms with van der Waals surface area (Å²) < 4.78 is 12.4. The quantitative estimate of drug-likeness (QED) is 0.734. The number of hydrogen-bond donors (Lipinski definition) is 0. The van der Waals surface area contributed by atoms with Crippen LogP contribution in [0.2, 0.25) is 0 Å². The molecule has 0 atom stereocenters. The van der Waals surface area contributed by atoms with Crippen molar-refractivity contribution < 1.29 is 9.31 Å². The molecule has 20 heavy (non-hydrogen) atoms. The number of rotatable bonds is 1. The molecule has 0 N–H and O–H groups in total. The second-order valence-corrected chi connectivity index (χ2v) is 6.91. The Hall–Kier alpha value is -0.835. The van der Waals surface area contributed by atoms with Crippen molar-refractivity contribution in [1.82, 2.24) is 4.81 Å². The third-order valence-electron chi connectivity index (χ3n) is 4.92.